The molecule has 2 fully saturated rings. The lowest BCUT2D eigenvalue weighted by Gasteiger charge is -2.11. The first-order chi connectivity index (χ1) is 13.2. The lowest BCUT2D eigenvalue weighted by molar-refractivity contribution is 0.114. The summed E-state index contributed by atoms with van der Waals surface area (Å²) in [5.41, 5.74) is 0.816. The lowest BCUT2D eigenvalue weighted by atomic mass is 10.0. The summed E-state index contributed by atoms with van der Waals surface area (Å²) in [7, 11) is 0. The molecule has 6 atom stereocenters. The van der Waals surface area contributed by atoms with Crippen LogP contribution in [0.1, 0.15) is 62.9 Å². The summed E-state index contributed by atoms with van der Waals surface area (Å²) in [5, 5.41) is 38.9. The molecule has 0 aliphatic heterocycles. The van der Waals surface area contributed by atoms with Crippen LogP contribution in [0.15, 0.2) is 60.7 Å². The quantitative estimate of drug-likeness (QED) is 0.611. The molecule has 2 saturated carbocycles. The van der Waals surface area contributed by atoms with Crippen molar-refractivity contribution in [2.24, 2.45) is 11.8 Å². The van der Waals surface area contributed by atoms with Crippen LogP contribution >= 0.6 is 0 Å². The predicted octanol–water partition coefficient (Wildman–Crippen LogP) is 3.76. The van der Waals surface area contributed by atoms with Crippen LogP contribution in [0.2, 0.25) is 0 Å². The Labute approximate surface area is 167 Å². The molecule has 2 aliphatic rings. The number of benzene rings is 2. The zero-order valence-electron chi connectivity index (χ0n) is 16.7. The van der Waals surface area contributed by atoms with E-state index in [0.717, 1.165) is 24.0 Å². The third kappa shape index (κ3) is 5.65. The van der Waals surface area contributed by atoms with Crippen LogP contribution in [0, 0.1) is 11.8 Å². The van der Waals surface area contributed by atoms with E-state index in [1.807, 2.05) is 74.5 Å². The first kappa shape index (κ1) is 21.0. The zero-order valence-corrected chi connectivity index (χ0v) is 16.7. The highest BCUT2D eigenvalue weighted by molar-refractivity contribution is 5.19. The summed E-state index contributed by atoms with van der Waals surface area (Å²) < 4.78 is 0. The first-order valence-corrected chi connectivity index (χ1v) is 10.1. The van der Waals surface area contributed by atoms with Gasteiger partial charge in [-0.2, -0.15) is 0 Å². The third-order valence-electron chi connectivity index (χ3n) is 6.14. The van der Waals surface area contributed by atoms with Crippen LogP contribution in [0.3, 0.4) is 0 Å². The lowest BCUT2D eigenvalue weighted by Crippen LogP contribution is -2.07. The number of hydrogen-bond acceptors (Lipinski definition) is 4. The van der Waals surface area contributed by atoms with E-state index in [4.69, 9.17) is 0 Å². The average molecular weight is 385 g/mol. The highest BCUT2D eigenvalue weighted by Crippen LogP contribution is 2.48. The van der Waals surface area contributed by atoms with Crippen LogP contribution in [-0.2, 0) is 0 Å². The van der Waals surface area contributed by atoms with E-state index in [0.29, 0.717) is 12.8 Å². The molecule has 0 aromatic heterocycles. The second-order valence-electron chi connectivity index (χ2n) is 8.84. The summed E-state index contributed by atoms with van der Waals surface area (Å²) in [4.78, 5) is 0. The molecular weight excluding hydrogens is 352 g/mol. The Hall–Kier alpha value is -1.72. The predicted molar refractivity (Wildman–Crippen MR) is 109 cm³/mol. The van der Waals surface area contributed by atoms with Crippen LogP contribution in [0.5, 0.6) is 0 Å². The molecule has 152 valence electrons. The van der Waals surface area contributed by atoms with Gasteiger partial charge in [0.1, 0.15) is 0 Å². The second-order valence-corrected chi connectivity index (χ2v) is 8.84. The molecule has 0 bridgehead atoms. The van der Waals surface area contributed by atoms with Gasteiger partial charge in [0, 0.05) is 0 Å². The maximum atomic E-state index is 9.85. The van der Waals surface area contributed by atoms with Crippen molar-refractivity contribution < 1.29 is 20.4 Å². The van der Waals surface area contributed by atoms with Crippen LogP contribution in [0.25, 0.3) is 0 Å². The Bertz CT molecular complexity index is 676. The number of rotatable bonds is 6. The summed E-state index contributed by atoms with van der Waals surface area (Å²) in [6.45, 7) is 3.66. The summed E-state index contributed by atoms with van der Waals surface area (Å²) >= 11 is 0. The minimum atomic E-state index is -0.532. The standard InChI is InChI=1S/2C12H16O2/c2*1-12(14)8-10(12)7-11(13)9-5-3-2-4-6-9/h2*2-6,10-11,13-14H,7-8H2,1H3/t2*10-,11+,12-/m00/s1. The minimum absolute atomic E-state index is 0.262. The van der Waals surface area contributed by atoms with Crippen LogP contribution in [0.4, 0.5) is 0 Å². The largest absolute Gasteiger partial charge is 0.390 e. The Balaban J connectivity index is 0.000000161. The van der Waals surface area contributed by atoms with Crippen molar-refractivity contribution in [1.82, 2.24) is 0 Å². The average Bonchev–Trinajstić information content (AvgIpc) is 3.49. The second kappa shape index (κ2) is 8.34. The highest BCUT2D eigenvalue weighted by Gasteiger charge is 2.49. The molecule has 0 saturated heterocycles. The van der Waals surface area contributed by atoms with E-state index < -0.39 is 23.4 Å². The molecule has 2 aromatic rings. The minimum Gasteiger partial charge on any atom is -0.390 e. The van der Waals surface area contributed by atoms with Gasteiger partial charge in [-0.3, -0.25) is 0 Å². The number of hydrogen-bond donors (Lipinski definition) is 4. The fourth-order valence-electron chi connectivity index (χ4n) is 3.72. The monoisotopic (exact) mass is 384 g/mol. The van der Waals surface area contributed by atoms with Crippen molar-refractivity contribution in [2.75, 3.05) is 0 Å². The maximum Gasteiger partial charge on any atom is 0.0793 e. The highest BCUT2D eigenvalue weighted by atomic mass is 16.3. The van der Waals surface area contributed by atoms with Gasteiger partial charge < -0.3 is 20.4 Å². The third-order valence-corrected chi connectivity index (χ3v) is 6.14. The molecule has 0 unspecified atom stereocenters. The smallest absolute Gasteiger partial charge is 0.0793 e. The van der Waals surface area contributed by atoms with Crippen LogP contribution < -0.4 is 0 Å². The molecule has 4 rings (SSSR count). The molecule has 2 aromatic carbocycles. The van der Waals surface area contributed by atoms with Crippen molar-refractivity contribution in [3.05, 3.63) is 71.8 Å². The fourth-order valence-corrected chi connectivity index (χ4v) is 3.72. The van der Waals surface area contributed by atoms with Gasteiger partial charge in [-0.25, -0.2) is 0 Å². The Morgan fingerprint density at radius 2 is 1.00 bits per heavy atom. The topological polar surface area (TPSA) is 80.9 Å². The van der Waals surface area contributed by atoms with Gasteiger partial charge in [0.05, 0.1) is 23.4 Å². The Kier molecular flexibility index (Phi) is 6.25. The molecular formula is C24H32O4. The van der Waals surface area contributed by atoms with E-state index >= 15 is 0 Å². The van der Waals surface area contributed by atoms with Gasteiger partial charge in [0.25, 0.3) is 0 Å². The summed E-state index contributed by atoms with van der Waals surface area (Å²) in [5.74, 6) is 0.524. The molecule has 4 heteroatoms. The molecule has 4 N–H and O–H groups in total. The van der Waals surface area contributed by atoms with Crippen molar-refractivity contribution in [3.63, 3.8) is 0 Å². The fraction of sp³-hybridized carbons (Fsp3) is 0.500. The molecule has 28 heavy (non-hydrogen) atoms. The number of aliphatic hydroxyl groups excluding tert-OH is 2. The van der Waals surface area contributed by atoms with E-state index in [9.17, 15) is 20.4 Å². The molecule has 4 nitrogen and oxygen atoms in total. The van der Waals surface area contributed by atoms with Gasteiger partial charge in [-0.15, -0.1) is 0 Å². The molecule has 0 heterocycles. The normalized spacial score (nSPS) is 32.6. The van der Waals surface area contributed by atoms with Crippen molar-refractivity contribution in [1.29, 1.82) is 0 Å². The maximum absolute atomic E-state index is 9.85. The summed E-state index contributed by atoms with van der Waals surface area (Å²) in [6.07, 6.45) is 2.09. The van der Waals surface area contributed by atoms with Crippen LogP contribution in [-0.4, -0.2) is 31.6 Å². The molecule has 0 spiro atoms. The zero-order chi connectivity index (χ0) is 20.4. The van der Waals surface area contributed by atoms with Crippen molar-refractivity contribution in [2.45, 2.75) is 62.9 Å². The first-order valence-electron chi connectivity index (χ1n) is 10.1. The molecule has 0 radical (unpaired) electrons. The van der Waals surface area contributed by atoms with Gasteiger partial charge >= 0.3 is 0 Å². The van der Waals surface area contributed by atoms with Gasteiger partial charge in [-0.1, -0.05) is 60.7 Å². The Morgan fingerprint density at radius 3 is 1.25 bits per heavy atom. The Morgan fingerprint density at radius 1 is 0.714 bits per heavy atom. The molecule has 0 amide bonds. The summed E-state index contributed by atoms with van der Waals surface area (Å²) in [6, 6.07) is 19.2. The van der Waals surface area contributed by atoms with E-state index in [1.165, 1.54) is 0 Å². The SMILES string of the molecule is C[C@]1(O)C[C@@H]1C[C@@H](O)c1ccccc1.C[C@]1(O)C[C@@H]1C[C@@H](O)c1ccccc1. The van der Waals surface area contributed by atoms with E-state index in [-0.39, 0.29) is 11.8 Å². The van der Waals surface area contributed by atoms with Crippen molar-refractivity contribution >= 4 is 0 Å². The molecule has 2 aliphatic carbocycles. The number of aliphatic hydroxyl groups is 4. The van der Waals surface area contributed by atoms with Gasteiger partial charge in [-0.05, 0) is 62.5 Å². The van der Waals surface area contributed by atoms with Crippen molar-refractivity contribution in [3.8, 4) is 0 Å². The van der Waals surface area contributed by atoms with E-state index in [2.05, 4.69) is 0 Å². The van der Waals surface area contributed by atoms with Gasteiger partial charge in [0.15, 0.2) is 0 Å². The van der Waals surface area contributed by atoms with E-state index in [1.54, 1.807) is 0 Å². The van der Waals surface area contributed by atoms with Gasteiger partial charge in [0.2, 0.25) is 0 Å².